The van der Waals surface area contributed by atoms with Gasteiger partial charge in [0.15, 0.2) is 17.2 Å². The van der Waals surface area contributed by atoms with Crippen LogP contribution >= 0.6 is 22.7 Å². The minimum atomic E-state index is -0.494. The first-order chi connectivity index (χ1) is 15.6. The second kappa shape index (κ2) is 9.80. The molecule has 7 nitrogen and oxygen atoms in total. The van der Waals surface area contributed by atoms with Crippen LogP contribution in [0.2, 0.25) is 0 Å². The van der Waals surface area contributed by atoms with Gasteiger partial charge in [-0.15, -0.1) is 22.7 Å². The lowest BCUT2D eigenvalue weighted by molar-refractivity contribution is 0.0462. The molecule has 0 atom stereocenters. The quantitative estimate of drug-likeness (QED) is 0.324. The van der Waals surface area contributed by atoms with Gasteiger partial charge in [0.1, 0.15) is 22.4 Å². The highest BCUT2D eigenvalue weighted by Crippen LogP contribution is 2.33. The van der Waals surface area contributed by atoms with Crippen LogP contribution in [0.4, 0.5) is 0 Å². The topological polar surface area (TPSA) is 79.8 Å². The van der Waals surface area contributed by atoms with E-state index in [4.69, 9.17) is 18.9 Å². The number of methoxy groups -OCH3 is 3. The molecule has 0 unspecified atom stereocenters. The monoisotopic (exact) mass is 468 g/mol. The molecule has 0 N–H and O–H groups in total. The van der Waals surface area contributed by atoms with E-state index in [9.17, 15) is 4.79 Å². The molecule has 0 saturated carbocycles. The van der Waals surface area contributed by atoms with Crippen molar-refractivity contribution in [1.29, 1.82) is 0 Å². The fourth-order valence-corrected chi connectivity index (χ4v) is 4.52. The summed E-state index contributed by atoms with van der Waals surface area (Å²) in [4.78, 5) is 21.4. The van der Waals surface area contributed by atoms with E-state index >= 15 is 0 Å². The second-order valence-electron chi connectivity index (χ2n) is 6.56. The van der Waals surface area contributed by atoms with Crippen molar-refractivity contribution in [3.05, 3.63) is 64.6 Å². The summed E-state index contributed by atoms with van der Waals surface area (Å²) in [5, 5.41) is 5.10. The molecule has 32 heavy (non-hydrogen) atoms. The van der Waals surface area contributed by atoms with Gasteiger partial charge in [0, 0.05) is 21.9 Å². The lowest BCUT2D eigenvalue weighted by Gasteiger charge is -2.08. The molecule has 0 aliphatic carbocycles. The van der Waals surface area contributed by atoms with Crippen molar-refractivity contribution < 1.29 is 23.7 Å². The van der Waals surface area contributed by atoms with Gasteiger partial charge in [-0.25, -0.2) is 14.8 Å². The number of carbonyl (C=O) groups is 1. The molecule has 2 aromatic carbocycles. The molecule has 9 heteroatoms. The number of ether oxygens (including phenoxy) is 4. The number of rotatable bonds is 8. The van der Waals surface area contributed by atoms with Crippen LogP contribution in [0.5, 0.6) is 17.2 Å². The summed E-state index contributed by atoms with van der Waals surface area (Å²) in [6.07, 6.45) is 0. The SMILES string of the molecule is COc1ccc(-c2nc(COC(=O)c3csc(-c4ccc(OC)c(OC)c4)n3)cs2)cc1. The smallest absolute Gasteiger partial charge is 0.358 e. The van der Waals surface area contributed by atoms with Crippen LogP contribution in [0.3, 0.4) is 0 Å². The maximum absolute atomic E-state index is 12.5. The number of benzene rings is 2. The van der Waals surface area contributed by atoms with Gasteiger partial charge >= 0.3 is 5.97 Å². The van der Waals surface area contributed by atoms with E-state index in [1.165, 1.54) is 22.7 Å². The average molecular weight is 469 g/mol. The largest absolute Gasteiger partial charge is 0.497 e. The minimum Gasteiger partial charge on any atom is -0.497 e. The van der Waals surface area contributed by atoms with E-state index in [0.717, 1.165) is 21.9 Å². The van der Waals surface area contributed by atoms with Crippen LogP contribution < -0.4 is 14.2 Å². The number of hydrogen-bond acceptors (Lipinski definition) is 9. The predicted molar refractivity (Wildman–Crippen MR) is 124 cm³/mol. The summed E-state index contributed by atoms with van der Waals surface area (Å²) in [7, 11) is 4.78. The lowest BCUT2D eigenvalue weighted by atomic mass is 10.2. The third-order valence-corrected chi connectivity index (χ3v) is 6.42. The van der Waals surface area contributed by atoms with Crippen LogP contribution in [0.25, 0.3) is 21.1 Å². The molecule has 4 aromatic rings. The molecule has 0 aliphatic heterocycles. The Labute approximate surface area is 193 Å². The molecular weight excluding hydrogens is 448 g/mol. The number of thiazole rings is 2. The van der Waals surface area contributed by atoms with E-state index in [0.29, 0.717) is 22.2 Å². The van der Waals surface area contributed by atoms with Crippen LogP contribution in [0.15, 0.2) is 53.2 Å². The highest BCUT2D eigenvalue weighted by Gasteiger charge is 2.16. The van der Waals surface area contributed by atoms with Crippen LogP contribution in [-0.4, -0.2) is 37.3 Å². The number of carbonyl (C=O) groups excluding carboxylic acids is 1. The van der Waals surface area contributed by atoms with E-state index in [2.05, 4.69) is 9.97 Å². The van der Waals surface area contributed by atoms with Gasteiger partial charge in [-0.2, -0.15) is 0 Å². The zero-order valence-electron chi connectivity index (χ0n) is 17.7. The van der Waals surface area contributed by atoms with Crippen molar-refractivity contribution in [3.63, 3.8) is 0 Å². The van der Waals surface area contributed by atoms with Crippen molar-refractivity contribution in [1.82, 2.24) is 9.97 Å². The Bertz CT molecular complexity index is 1220. The second-order valence-corrected chi connectivity index (χ2v) is 8.27. The normalized spacial score (nSPS) is 10.6. The molecule has 4 rings (SSSR count). The Kier molecular flexibility index (Phi) is 6.67. The molecule has 2 aromatic heterocycles. The van der Waals surface area contributed by atoms with Crippen LogP contribution in [-0.2, 0) is 11.3 Å². The van der Waals surface area contributed by atoms with Gasteiger partial charge in [-0.1, -0.05) is 0 Å². The molecule has 0 fully saturated rings. The first-order valence-corrected chi connectivity index (χ1v) is 11.3. The maximum atomic E-state index is 12.5. The Hall–Kier alpha value is -3.43. The Morgan fingerprint density at radius 2 is 1.50 bits per heavy atom. The molecule has 0 bridgehead atoms. The van der Waals surface area contributed by atoms with E-state index in [1.54, 1.807) is 32.8 Å². The fraction of sp³-hybridized carbons (Fsp3) is 0.174. The average Bonchev–Trinajstić information content (AvgIpc) is 3.52. The molecule has 0 saturated heterocycles. The summed E-state index contributed by atoms with van der Waals surface area (Å²) < 4.78 is 21.2. The third kappa shape index (κ3) is 4.74. The first kappa shape index (κ1) is 21.8. The van der Waals surface area contributed by atoms with Gasteiger partial charge in [0.25, 0.3) is 0 Å². The van der Waals surface area contributed by atoms with Crippen LogP contribution in [0, 0.1) is 0 Å². The van der Waals surface area contributed by atoms with Gasteiger partial charge < -0.3 is 18.9 Å². The summed E-state index contributed by atoms with van der Waals surface area (Å²) in [5.74, 6) is 1.52. The maximum Gasteiger partial charge on any atom is 0.358 e. The molecule has 0 aliphatic rings. The zero-order valence-corrected chi connectivity index (χ0v) is 19.3. The standard InChI is InChI=1S/C23H20N2O5S2/c1-27-17-7-4-14(5-8-17)21-24-16(12-31-21)11-30-23(26)18-13-32-22(25-18)15-6-9-19(28-2)20(10-15)29-3/h4-10,12-13H,11H2,1-3H3. The zero-order chi connectivity index (χ0) is 22.5. The van der Waals surface area contributed by atoms with E-state index < -0.39 is 5.97 Å². The molecule has 0 amide bonds. The fourth-order valence-electron chi connectivity index (χ4n) is 2.92. The summed E-state index contributed by atoms with van der Waals surface area (Å²) in [6.45, 7) is 0.0781. The van der Waals surface area contributed by atoms with Crippen molar-refractivity contribution in [3.8, 4) is 38.4 Å². The van der Waals surface area contributed by atoms with Crippen molar-refractivity contribution >= 4 is 28.6 Å². The van der Waals surface area contributed by atoms with Crippen molar-refractivity contribution in [2.75, 3.05) is 21.3 Å². The first-order valence-electron chi connectivity index (χ1n) is 9.55. The van der Waals surface area contributed by atoms with Crippen molar-refractivity contribution in [2.45, 2.75) is 6.61 Å². The number of aromatic nitrogens is 2. The molecule has 0 spiro atoms. The molecule has 0 radical (unpaired) electrons. The van der Waals surface area contributed by atoms with Gasteiger partial charge in [0.2, 0.25) is 0 Å². The Morgan fingerprint density at radius 1 is 0.812 bits per heavy atom. The van der Waals surface area contributed by atoms with Gasteiger partial charge in [-0.3, -0.25) is 0 Å². The third-order valence-electron chi connectivity index (χ3n) is 4.58. The Morgan fingerprint density at radius 3 is 2.22 bits per heavy atom. The highest BCUT2D eigenvalue weighted by molar-refractivity contribution is 7.13. The van der Waals surface area contributed by atoms with Gasteiger partial charge in [0.05, 0.1) is 27.0 Å². The van der Waals surface area contributed by atoms with Gasteiger partial charge in [-0.05, 0) is 42.5 Å². The van der Waals surface area contributed by atoms with E-state index in [1.807, 2.05) is 41.8 Å². The molecule has 164 valence electrons. The van der Waals surface area contributed by atoms with E-state index in [-0.39, 0.29) is 12.3 Å². The summed E-state index contributed by atoms with van der Waals surface area (Å²) in [6, 6.07) is 13.1. The molecule has 2 heterocycles. The number of esters is 1. The molecular formula is C23H20N2O5S2. The summed E-state index contributed by atoms with van der Waals surface area (Å²) in [5.41, 5.74) is 2.75. The predicted octanol–water partition coefficient (Wildman–Crippen LogP) is 5.32. The van der Waals surface area contributed by atoms with Crippen molar-refractivity contribution in [2.24, 2.45) is 0 Å². The Balaban J connectivity index is 1.40. The summed E-state index contributed by atoms with van der Waals surface area (Å²) >= 11 is 2.85. The lowest BCUT2D eigenvalue weighted by Crippen LogP contribution is -2.05. The number of nitrogens with zero attached hydrogens (tertiary/aromatic N) is 2. The number of hydrogen-bond donors (Lipinski definition) is 0. The van der Waals surface area contributed by atoms with Crippen LogP contribution in [0.1, 0.15) is 16.2 Å². The highest BCUT2D eigenvalue weighted by atomic mass is 32.1. The minimum absolute atomic E-state index is 0.0781.